The van der Waals surface area contributed by atoms with Gasteiger partial charge in [0.2, 0.25) is 0 Å². The molecule has 0 aliphatic rings. The average molecular weight is 347 g/mol. The molecule has 0 aromatic carbocycles. The zero-order valence-electron chi connectivity index (χ0n) is 17.3. The Balaban J connectivity index is 1.99. The van der Waals surface area contributed by atoms with Gasteiger partial charge in [0.25, 0.3) is 0 Å². The summed E-state index contributed by atoms with van der Waals surface area (Å²) in [5.41, 5.74) is 1.52. The molecular weight excluding hydrogens is 302 g/mol. The summed E-state index contributed by atoms with van der Waals surface area (Å²) in [5, 5.41) is 0. The summed E-state index contributed by atoms with van der Waals surface area (Å²) in [6.45, 7) is 5.76. The molecule has 0 radical (unpaired) electrons. The quantitative estimate of drug-likeness (QED) is 0.204. The van der Waals surface area contributed by atoms with Crippen molar-refractivity contribution in [2.75, 3.05) is 0 Å². The van der Waals surface area contributed by atoms with Crippen LogP contribution >= 0.6 is 0 Å². The molecule has 0 amide bonds. The molecule has 1 aromatic heterocycles. The van der Waals surface area contributed by atoms with Crippen molar-refractivity contribution in [2.45, 2.75) is 123 Å². The standard InChI is InChI=1S/C24H44N/c1-3-5-7-9-10-11-12-13-14-15-16-19-24-20-18-22-25(23-24)21-17-8-6-4-2/h18,20,22-23H,3-17,19,21H2,1-2H3/q+1. The van der Waals surface area contributed by atoms with Gasteiger partial charge < -0.3 is 0 Å². The highest BCUT2D eigenvalue weighted by Crippen LogP contribution is 2.12. The van der Waals surface area contributed by atoms with E-state index in [1.165, 1.54) is 115 Å². The first kappa shape index (κ1) is 22.2. The van der Waals surface area contributed by atoms with Gasteiger partial charge in [-0.05, 0) is 25.3 Å². The molecule has 0 aliphatic heterocycles. The maximum absolute atomic E-state index is 2.39. The van der Waals surface area contributed by atoms with Crippen molar-refractivity contribution in [2.24, 2.45) is 0 Å². The fraction of sp³-hybridized carbons (Fsp3) is 0.792. The summed E-state index contributed by atoms with van der Waals surface area (Å²) in [6, 6.07) is 4.53. The number of hydrogen-bond donors (Lipinski definition) is 0. The van der Waals surface area contributed by atoms with Crippen LogP contribution in [-0.4, -0.2) is 0 Å². The van der Waals surface area contributed by atoms with Crippen LogP contribution in [-0.2, 0) is 13.0 Å². The minimum Gasteiger partial charge on any atom is -0.205 e. The van der Waals surface area contributed by atoms with Crippen LogP contribution < -0.4 is 4.57 Å². The Labute approximate surface area is 158 Å². The van der Waals surface area contributed by atoms with Crippen molar-refractivity contribution in [3.8, 4) is 0 Å². The highest BCUT2D eigenvalue weighted by Gasteiger charge is 2.03. The van der Waals surface area contributed by atoms with Gasteiger partial charge in [0.15, 0.2) is 12.4 Å². The van der Waals surface area contributed by atoms with Gasteiger partial charge in [0, 0.05) is 18.1 Å². The van der Waals surface area contributed by atoms with Crippen LogP contribution in [0.3, 0.4) is 0 Å². The maximum atomic E-state index is 2.39. The predicted octanol–water partition coefficient (Wildman–Crippen LogP) is 7.41. The normalized spacial score (nSPS) is 11.1. The van der Waals surface area contributed by atoms with Gasteiger partial charge >= 0.3 is 0 Å². The minimum atomic E-state index is 1.19. The summed E-state index contributed by atoms with van der Waals surface area (Å²) in [7, 11) is 0. The molecule has 1 heterocycles. The molecule has 0 saturated carbocycles. The number of hydrogen-bond acceptors (Lipinski definition) is 0. The van der Waals surface area contributed by atoms with Gasteiger partial charge in [-0.25, -0.2) is 4.57 Å². The van der Waals surface area contributed by atoms with Gasteiger partial charge in [-0.3, -0.25) is 0 Å². The number of aryl methyl sites for hydroxylation is 2. The largest absolute Gasteiger partial charge is 0.205 e. The molecule has 0 spiro atoms. The van der Waals surface area contributed by atoms with E-state index in [2.05, 4.69) is 42.9 Å². The average Bonchev–Trinajstić information content (AvgIpc) is 2.64. The molecule has 25 heavy (non-hydrogen) atoms. The number of pyridine rings is 1. The second-order valence-electron chi connectivity index (χ2n) is 7.80. The van der Waals surface area contributed by atoms with Gasteiger partial charge in [-0.1, -0.05) is 90.9 Å². The summed E-state index contributed by atoms with van der Waals surface area (Å²) in [4.78, 5) is 0. The van der Waals surface area contributed by atoms with Crippen LogP contribution in [0.1, 0.15) is 116 Å². The highest BCUT2D eigenvalue weighted by atomic mass is 14.9. The molecule has 1 nitrogen and oxygen atoms in total. The lowest BCUT2D eigenvalue weighted by atomic mass is 10.0. The van der Waals surface area contributed by atoms with Crippen molar-refractivity contribution in [1.82, 2.24) is 0 Å². The van der Waals surface area contributed by atoms with Crippen LogP contribution in [0, 0.1) is 0 Å². The van der Waals surface area contributed by atoms with E-state index in [1.54, 1.807) is 0 Å². The van der Waals surface area contributed by atoms with Gasteiger partial charge in [-0.15, -0.1) is 0 Å². The monoisotopic (exact) mass is 346 g/mol. The summed E-state index contributed by atoms with van der Waals surface area (Å²) in [5.74, 6) is 0. The fourth-order valence-electron chi connectivity index (χ4n) is 3.58. The lowest BCUT2D eigenvalue weighted by Crippen LogP contribution is -2.33. The summed E-state index contributed by atoms with van der Waals surface area (Å²) < 4.78 is 2.39. The Bertz CT molecular complexity index is 399. The predicted molar refractivity (Wildman–Crippen MR) is 111 cm³/mol. The second kappa shape index (κ2) is 16.6. The van der Waals surface area contributed by atoms with E-state index in [0.29, 0.717) is 0 Å². The first-order chi connectivity index (χ1) is 12.4. The minimum absolute atomic E-state index is 1.19. The third-order valence-electron chi connectivity index (χ3n) is 5.26. The topological polar surface area (TPSA) is 3.88 Å². The molecule has 0 unspecified atom stereocenters. The van der Waals surface area contributed by atoms with Crippen molar-refractivity contribution >= 4 is 0 Å². The van der Waals surface area contributed by atoms with E-state index in [9.17, 15) is 0 Å². The second-order valence-corrected chi connectivity index (χ2v) is 7.80. The van der Waals surface area contributed by atoms with Crippen LogP contribution in [0.5, 0.6) is 0 Å². The van der Waals surface area contributed by atoms with E-state index >= 15 is 0 Å². The molecule has 1 rings (SSSR count). The van der Waals surface area contributed by atoms with Crippen molar-refractivity contribution < 1.29 is 4.57 Å². The zero-order valence-corrected chi connectivity index (χ0v) is 17.3. The van der Waals surface area contributed by atoms with Crippen LogP contribution in [0.25, 0.3) is 0 Å². The Kier molecular flexibility index (Phi) is 14.7. The molecule has 0 fully saturated rings. The Morgan fingerprint density at radius 2 is 1.16 bits per heavy atom. The Morgan fingerprint density at radius 3 is 1.76 bits per heavy atom. The molecule has 0 aliphatic carbocycles. The molecular formula is C24H44N+. The fourth-order valence-corrected chi connectivity index (χ4v) is 3.58. The van der Waals surface area contributed by atoms with Crippen molar-refractivity contribution in [3.05, 3.63) is 30.1 Å². The van der Waals surface area contributed by atoms with E-state index < -0.39 is 0 Å². The Morgan fingerprint density at radius 1 is 0.640 bits per heavy atom. The molecule has 1 aromatic rings. The van der Waals surface area contributed by atoms with Crippen molar-refractivity contribution in [3.63, 3.8) is 0 Å². The zero-order chi connectivity index (χ0) is 18.0. The lowest BCUT2D eigenvalue weighted by molar-refractivity contribution is -0.697. The third-order valence-corrected chi connectivity index (χ3v) is 5.26. The van der Waals surface area contributed by atoms with Crippen LogP contribution in [0.2, 0.25) is 0 Å². The van der Waals surface area contributed by atoms with Gasteiger partial charge in [0.05, 0.1) is 0 Å². The smallest absolute Gasteiger partial charge is 0.171 e. The van der Waals surface area contributed by atoms with Crippen molar-refractivity contribution in [1.29, 1.82) is 0 Å². The van der Waals surface area contributed by atoms with Gasteiger partial charge in [-0.2, -0.15) is 0 Å². The summed E-state index contributed by atoms with van der Waals surface area (Å²) >= 11 is 0. The lowest BCUT2D eigenvalue weighted by Gasteiger charge is -2.03. The molecule has 0 bridgehead atoms. The molecule has 0 saturated heterocycles. The molecule has 1 heteroatoms. The van der Waals surface area contributed by atoms with Crippen LogP contribution in [0.15, 0.2) is 24.5 Å². The van der Waals surface area contributed by atoms with E-state index in [4.69, 9.17) is 0 Å². The van der Waals surface area contributed by atoms with E-state index in [-0.39, 0.29) is 0 Å². The number of aromatic nitrogens is 1. The first-order valence-electron chi connectivity index (χ1n) is 11.3. The van der Waals surface area contributed by atoms with E-state index in [1.807, 2.05) is 0 Å². The highest BCUT2D eigenvalue weighted by molar-refractivity contribution is 5.05. The summed E-state index contributed by atoms with van der Waals surface area (Å²) in [6.07, 6.45) is 27.0. The number of unbranched alkanes of at least 4 members (excludes halogenated alkanes) is 13. The van der Waals surface area contributed by atoms with Crippen LogP contribution in [0.4, 0.5) is 0 Å². The van der Waals surface area contributed by atoms with Gasteiger partial charge in [0.1, 0.15) is 6.54 Å². The number of nitrogens with zero attached hydrogens (tertiary/aromatic N) is 1. The first-order valence-corrected chi connectivity index (χ1v) is 11.3. The third kappa shape index (κ3) is 13.1. The number of rotatable bonds is 17. The van der Waals surface area contributed by atoms with E-state index in [0.717, 1.165) is 0 Å². The Hall–Kier alpha value is -0.850. The molecule has 144 valence electrons. The molecule has 0 N–H and O–H groups in total. The molecule has 0 atom stereocenters. The maximum Gasteiger partial charge on any atom is 0.171 e. The SMILES string of the molecule is CCCCCCCCCCCCCc1ccc[n+](CCCCCC)c1.